The maximum absolute atomic E-state index is 11.8. The smallest absolute Gasteiger partial charge is 0.229 e. The van der Waals surface area contributed by atoms with Crippen LogP contribution in [0.1, 0.15) is 43.0 Å². The molecule has 1 aliphatic carbocycles. The van der Waals surface area contributed by atoms with Crippen molar-refractivity contribution in [2.45, 2.75) is 38.0 Å². The monoisotopic (exact) mass is 267 g/mol. The number of hydrogen-bond acceptors (Lipinski definition) is 5. The van der Waals surface area contributed by atoms with Crippen molar-refractivity contribution >= 4 is 22.4 Å². The Balaban J connectivity index is 1.74. The van der Waals surface area contributed by atoms with Crippen LogP contribution < -0.4 is 4.90 Å². The minimum absolute atomic E-state index is 0.0522. The molecular formula is C12H17N3O2S. The highest BCUT2D eigenvalue weighted by atomic mass is 32.1. The van der Waals surface area contributed by atoms with E-state index in [4.69, 9.17) is 5.11 Å². The molecule has 1 aromatic heterocycles. The molecule has 1 saturated carbocycles. The van der Waals surface area contributed by atoms with E-state index in [0.29, 0.717) is 24.0 Å². The number of carbonyl (C=O) groups excluding carboxylic acids is 1. The Bertz CT molecular complexity index is 442. The highest BCUT2D eigenvalue weighted by molar-refractivity contribution is 7.15. The molecule has 2 heterocycles. The summed E-state index contributed by atoms with van der Waals surface area (Å²) < 4.78 is 0. The summed E-state index contributed by atoms with van der Waals surface area (Å²) in [5, 5.41) is 19.3. The van der Waals surface area contributed by atoms with Gasteiger partial charge in [0.15, 0.2) is 0 Å². The molecule has 18 heavy (non-hydrogen) atoms. The van der Waals surface area contributed by atoms with E-state index in [1.807, 2.05) is 0 Å². The normalized spacial score (nSPS) is 25.3. The van der Waals surface area contributed by atoms with E-state index >= 15 is 0 Å². The average Bonchev–Trinajstić information content (AvgIpc) is 3.08. The molecule has 1 amide bonds. The van der Waals surface area contributed by atoms with Gasteiger partial charge in [0.1, 0.15) is 5.01 Å². The van der Waals surface area contributed by atoms with Gasteiger partial charge in [-0.1, -0.05) is 24.2 Å². The van der Waals surface area contributed by atoms with Gasteiger partial charge in [0.25, 0.3) is 0 Å². The third-order valence-corrected chi connectivity index (χ3v) is 4.94. The molecule has 2 aliphatic rings. The fourth-order valence-electron chi connectivity index (χ4n) is 2.76. The van der Waals surface area contributed by atoms with E-state index in [1.165, 1.54) is 25.7 Å². The predicted molar refractivity (Wildman–Crippen MR) is 68.7 cm³/mol. The van der Waals surface area contributed by atoms with Gasteiger partial charge in [-0.3, -0.25) is 9.69 Å². The Morgan fingerprint density at radius 3 is 2.78 bits per heavy atom. The number of anilines is 1. The molecule has 3 rings (SSSR count). The summed E-state index contributed by atoms with van der Waals surface area (Å²) in [7, 11) is 0. The molecule has 5 nitrogen and oxygen atoms in total. The van der Waals surface area contributed by atoms with Crippen molar-refractivity contribution < 1.29 is 9.90 Å². The molecule has 0 aromatic carbocycles. The predicted octanol–water partition coefficient (Wildman–Crippen LogP) is 1.54. The molecule has 0 spiro atoms. The molecule has 1 N–H and O–H groups in total. The number of aliphatic hydroxyl groups is 1. The number of hydrogen-bond donors (Lipinski definition) is 1. The van der Waals surface area contributed by atoms with E-state index in [2.05, 4.69) is 10.2 Å². The Hall–Kier alpha value is -1.01. The molecule has 0 radical (unpaired) electrons. The zero-order valence-electron chi connectivity index (χ0n) is 10.2. The van der Waals surface area contributed by atoms with Crippen LogP contribution in [0.3, 0.4) is 0 Å². The summed E-state index contributed by atoms with van der Waals surface area (Å²) in [5.41, 5.74) is 0. The standard InChI is InChI=1S/C12H17N3O2S/c16-7-8-5-10(17)15(6-8)12-14-13-11(18-12)9-3-1-2-4-9/h8-9,16H,1-7H2. The number of amides is 1. The maximum Gasteiger partial charge on any atom is 0.229 e. The summed E-state index contributed by atoms with van der Waals surface area (Å²) >= 11 is 1.54. The highest BCUT2D eigenvalue weighted by Crippen LogP contribution is 2.38. The number of aliphatic hydroxyl groups excluding tert-OH is 1. The van der Waals surface area contributed by atoms with Gasteiger partial charge in [0, 0.05) is 31.4 Å². The lowest BCUT2D eigenvalue weighted by atomic mass is 10.1. The fourth-order valence-corrected chi connectivity index (χ4v) is 3.80. The molecule has 1 aromatic rings. The summed E-state index contributed by atoms with van der Waals surface area (Å²) in [4.78, 5) is 13.5. The van der Waals surface area contributed by atoms with Crippen LogP contribution in [0.4, 0.5) is 5.13 Å². The van der Waals surface area contributed by atoms with Crippen molar-refractivity contribution in [3.05, 3.63) is 5.01 Å². The van der Waals surface area contributed by atoms with Crippen LogP contribution in [0.25, 0.3) is 0 Å². The van der Waals surface area contributed by atoms with Gasteiger partial charge in [-0.15, -0.1) is 10.2 Å². The lowest BCUT2D eigenvalue weighted by Crippen LogP contribution is -2.24. The van der Waals surface area contributed by atoms with Crippen molar-refractivity contribution in [2.75, 3.05) is 18.1 Å². The maximum atomic E-state index is 11.8. The van der Waals surface area contributed by atoms with Crippen LogP contribution in [0.5, 0.6) is 0 Å². The van der Waals surface area contributed by atoms with Gasteiger partial charge in [-0.2, -0.15) is 0 Å². The van der Waals surface area contributed by atoms with E-state index < -0.39 is 0 Å². The molecule has 1 saturated heterocycles. The molecule has 98 valence electrons. The Morgan fingerprint density at radius 2 is 2.11 bits per heavy atom. The molecule has 1 unspecified atom stereocenters. The molecular weight excluding hydrogens is 250 g/mol. The third kappa shape index (κ3) is 2.14. The van der Waals surface area contributed by atoms with Gasteiger partial charge < -0.3 is 5.11 Å². The van der Waals surface area contributed by atoms with E-state index in [-0.39, 0.29) is 18.4 Å². The number of nitrogens with zero attached hydrogens (tertiary/aromatic N) is 3. The first-order valence-corrected chi connectivity index (χ1v) is 7.34. The highest BCUT2D eigenvalue weighted by Gasteiger charge is 2.33. The molecule has 2 fully saturated rings. The van der Waals surface area contributed by atoms with E-state index in [9.17, 15) is 4.79 Å². The van der Waals surface area contributed by atoms with Gasteiger partial charge in [0.2, 0.25) is 11.0 Å². The van der Waals surface area contributed by atoms with Crippen LogP contribution in [0.2, 0.25) is 0 Å². The van der Waals surface area contributed by atoms with Gasteiger partial charge in [0.05, 0.1) is 0 Å². The van der Waals surface area contributed by atoms with Gasteiger partial charge >= 0.3 is 0 Å². The second-order valence-corrected chi connectivity index (χ2v) is 6.15. The lowest BCUT2D eigenvalue weighted by molar-refractivity contribution is -0.117. The third-order valence-electron chi connectivity index (χ3n) is 3.83. The van der Waals surface area contributed by atoms with Crippen LogP contribution in [-0.4, -0.2) is 34.4 Å². The first-order chi connectivity index (χ1) is 8.78. The second-order valence-electron chi connectivity index (χ2n) is 5.16. The van der Waals surface area contributed by atoms with Crippen LogP contribution in [-0.2, 0) is 4.79 Å². The average molecular weight is 267 g/mol. The van der Waals surface area contributed by atoms with Crippen molar-refractivity contribution in [3.8, 4) is 0 Å². The van der Waals surface area contributed by atoms with E-state index in [0.717, 1.165) is 5.01 Å². The first kappa shape index (κ1) is 12.0. The summed E-state index contributed by atoms with van der Waals surface area (Å²) in [6, 6.07) is 0. The zero-order chi connectivity index (χ0) is 12.5. The minimum Gasteiger partial charge on any atom is -0.396 e. The molecule has 0 bridgehead atoms. The van der Waals surface area contributed by atoms with E-state index in [1.54, 1.807) is 16.2 Å². The first-order valence-electron chi connectivity index (χ1n) is 6.52. The van der Waals surface area contributed by atoms with Crippen molar-refractivity contribution in [2.24, 2.45) is 5.92 Å². The Labute approximate surface area is 110 Å². The quantitative estimate of drug-likeness (QED) is 0.902. The van der Waals surface area contributed by atoms with Crippen molar-refractivity contribution in [1.29, 1.82) is 0 Å². The molecule has 1 atom stereocenters. The zero-order valence-corrected chi connectivity index (χ0v) is 11.0. The van der Waals surface area contributed by atoms with Crippen molar-refractivity contribution in [3.63, 3.8) is 0 Å². The van der Waals surface area contributed by atoms with Crippen molar-refractivity contribution in [1.82, 2.24) is 10.2 Å². The number of carbonyl (C=O) groups is 1. The van der Waals surface area contributed by atoms with Gasteiger partial charge in [-0.05, 0) is 12.8 Å². The topological polar surface area (TPSA) is 66.3 Å². The summed E-state index contributed by atoms with van der Waals surface area (Å²) in [6.45, 7) is 0.644. The van der Waals surface area contributed by atoms with Crippen LogP contribution in [0.15, 0.2) is 0 Å². The van der Waals surface area contributed by atoms with Gasteiger partial charge in [-0.25, -0.2) is 0 Å². The second kappa shape index (κ2) is 4.93. The Kier molecular flexibility index (Phi) is 3.30. The number of aromatic nitrogens is 2. The number of rotatable bonds is 3. The molecule has 1 aliphatic heterocycles. The Morgan fingerprint density at radius 1 is 1.33 bits per heavy atom. The SMILES string of the molecule is O=C1CC(CO)CN1c1nnc(C2CCCC2)s1. The summed E-state index contributed by atoms with van der Waals surface area (Å²) in [6.07, 6.45) is 5.36. The lowest BCUT2D eigenvalue weighted by Gasteiger charge is -2.11. The summed E-state index contributed by atoms with van der Waals surface area (Å²) in [5.74, 6) is 0.655. The van der Waals surface area contributed by atoms with Crippen LogP contribution >= 0.6 is 11.3 Å². The molecule has 6 heteroatoms. The van der Waals surface area contributed by atoms with Crippen LogP contribution in [0, 0.1) is 5.92 Å². The minimum atomic E-state index is 0.0522. The largest absolute Gasteiger partial charge is 0.396 e. The fraction of sp³-hybridized carbons (Fsp3) is 0.750.